The van der Waals surface area contributed by atoms with E-state index in [1.54, 1.807) is 4.31 Å². The maximum atomic E-state index is 13.4. The van der Waals surface area contributed by atoms with Gasteiger partial charge in [-0.2, -0.15) is 4.31 Å². The molecule has 132 valence electrons. The summed E-state index contributed by atoms with van der Waals surface area (Å²) in [6.07, 6.45) is 4.05. The van der Waals surface area contributed by atoms with Crippen molar-refractivity contribution < 1.29 is 12.9 Å². The molecule has 7 heteroatoms. The Balaban J connectivity index is 2.16. The Kier molecular flexibility index (Phi) is 4.86. The highest BCUT2D eigenvalue weighted by Crippen LogP contribution is 2.42. The fourth-order valence-electron chi connectivity index (χ4n) is 3.30. The lowest BCUT2D eigenvalue weighted by Crippen LogP contribution is -2.32. The van der Waals surface area contributed by atoms with Crippen LogP contribution >= 0.6 is 11.3 Å². The average Bonchev–Trinajstić information content (AvgIpc) is 2.87. The summed E-state index contributed by atoms with van der Waals surface area (Å²) in [5.74, 6) is 0.586. The van der Waals surface area contributed by atoms with Gasteiger partial charge in [0.05, 0.1) is 11.3 Å². The molecule has 2 aromatic rings. The van der Waals surface area contributed by atoms with Gasteiger partial charge in [0, 0.05) is 28.4 Å². The lowest BCUT2D eigenvalue weighted by atomic mass is 10.1. The smallest absolute Gasteiger partial charge is 0.244 e. The Morgan fingerprint density at radius 1 is 1.00 bits per heavy atom. The molecule has 0 radical (unpaired) electrons. The zero-order valence-corrected chi connectivity index (χ0v) is 16.3. The van der Waals surface area contributed by atoms with Gasteiger partial charge >= 0.3 is 0 Å². The Hall–Kier alpha value is -1.18. The van der Waals surface area contributed by atoms with E-state index in [1.807, 2.05) is 27.7 Å². The van der Waals surface area contributed by atoms with Crippen LogP contribution in [0.1, 0.15) is 46.7 Å². The van der Waals surface area contributed by atoms with Crippen molar-refractivity contribution in [3.05, 3.63) is 21.0 Å². The molecule has 1 saturated heterocycles. The van der Waals surface area contributed by atoms with E-state index in [-0.39, 0.29) is 0 Å². The largest absolute Gasteiger partial charge is 0.356 e. The molecule has 0 N–H and O–H groups in total. The average molecular weight is 369 g/mol. The molecule has 3 rings (SSSR count). The fourth-order valence-corrected chi connectivity index (χ4v) is 6.62. The Bertz CT molecular complexity index is 842. The zero-order chi connectivity index (χ0) is 17.5. The standard InChI is InChI=1S/C17H24N2O3S2/c1-11-12(2)18-22-16(11)15-13(3)23-14(4)17(15)24(20,21)19-9-7-5-6-8-10-19/h5-10H2,1-4H3. The third-order valence-corrected chi connectivity index (χ3v) is 7.97. The van der Waals surface area contributed by atoms with Gasteiger partial charge < -0.3 is 4.52 Å². The second-order valence-electron chi connectivity index (χ2n) is 6.46. The van der Waals surface area contributed by atoms with Gasteiger partial charge in [-0.05, 0) is 40.5 Å². The number of sulfonamides is 1. The van der Waals surface area contributed by atoms with E-state index in [9.17, 15) is 8.42 Å². The van der Waals surface area contributed by atoms with Gasteiger partial charge in [0.15, 0.2) is 5.76 Å². The Labute approximate surface area is 147 Å². The van der Waals surface area contributed by atoms with Crippen molar-refractivity contribution in [1.29, 1.82) is 0 Å². The van der Waals surface area contributed by atoms with Gasteiger partial charge in [-0.3, -0.25) is 0 Å². The molecule has 5 nitrogen and oxygen atoms in total. The molecule has 0 aromatic carbocycles. The summed E-state index contributed by atoms with van der Waals surface area (Å²) < 4.78 is 33.9. The van der Waals surface area contributed by atoms with E-state index in [4.69, 9.17) is 4.52 Å². The summed E-state index contributed by atoms with van der Waals surface area (Å²) in [7, 11) is -3.53. The highest BCUT2D eigenvalue weighted by Gasteiger charge is 2.34. The molecular weight excluding hydrogens is 344 g/mol. The second-order valence-corrected chi connectivity index (χ2v) is 9.76. The molecule has 0 unspecified atom stereocenters. The minimum atomic E-state index is -3.53. The summed E-state index contributed by atoms with van der Waals surface area (Å²) >= 11 is 1.51. The number of thiophene rings is 1. The number of nitrogens with zero attached hydrogens (tertiary/aromatic N) is 2. The maximum Gasteiger partial charge on any atom is 0.244 e. The molecule has 1 aliphatic heterocycles. The molecule has 3 heterocycles. The zero-order valence-electron chi connectivity index (χ0n) is 14.7. The van der Waals surface area contributed by atoms with Crippen LogP contribution in [0.25, 0.3) is 11.3 Å². The predicted octanol–water partition coefficient (Wildman–Crippen LogP) is 4.20. The van der Waals surface area contributed by atoms with E-state index in [2.05, 4.69) is 5.16 Å². The third kappa shape index (κ3) is 2.93. The number of hydrogen-bond acceptors (Lipinski definition) is 5. The second kappa shape index (κ2) is 6.61. The van der Waals surface area contributed by atoms with Gasteiger partial charge in [-0.1, -0.05) is 18.0 Å². The minimum absolute atomic E-state index is 0.408. The molecule has 1 fully saturated rings. The monoisotopic (exact) mass is 368 g/mol. The highest BCUT2D eigenvalue weighted by atomic mass is 32.2. The summed E-state index contributed by atoms with van der Waals surface area (Å²) in [4.78, 5) is 2.19. The first-order valence-electron chi connectivity index (χ1n) is 8.37. The van der Waals surface area contributed by atoms with Crippen LogP contribution in [0.5, 0.6) is 0 Å². The molecule has 24 heavy (non-hydrogen) atoms. The molecule has 0 amide bonds. The minimum Gasteiger partial charge on any atom is -0.356 e. The summed E-state index contributed by atoms with van der Waals surface area (Å²) in [6, 6.07) is 0. The van der Waals surface area contributed by atoms with Crippen LogP contribution in [-0.2, 0) is 10.0 Å². The molecule has 1 aliphatic rings. The quantitative estimate of drug-likeness (QED) is 0.814. The topological polar surface area (TPSA) is 63.4 Å². The van der Waals surface area contributed by atoms with Crippen LogP contribution in [0.2, 0.25) is 0 Å². The van der Waals surface area contributed by atoms with Crippen molar-refractivity contribution >= 4 is 21.4 Å². The van der Waals surface area contributed by atoms with Crippen molar-refractivity contribution in [1.82, 2.24) is 9.46 Å². The van der Waals surface area contributed by atoms with Crippen LogP contribution in [0, 0.1) is 27.7 Å². The first kappa shape index (κ1) is 17.6. The normalized spacial score (nSPS) is 17.2. The maximum absolute atomic E-state index is 13.4. The number of aryl methyl sites for hydroxylation is 3. The van der Waals surface area contributed by atoms with Crippen molar-refractivity contribution in [2.75, 3.05) is 13.1 Å². The van der Waals surface area contributed by atoms with Gasteiger partial charge in [-0.25, -0.2) is 8.42 Å². The third-order valence-electron chi connectivity index (χ3n) is 4.75. The van der Waals surface area contributed by atoms with Crippen LogP contribution in [0.3, 0.4) is 0 Å². The predicted molar refractivity (Wildman–Crippen MR) is 96.0 cm³/mol. The van der Waals surface area contributed by atoms with E-state index in [0.29, 0.717) is 29.3 Å². The summed E-state index contributed by atoms with van der Waals surface area (Å²) in [6.45, 7) is 8.83. The van der Waals surface area contributed by atoms with Crippen molar-refractivity contribution in [2.24, 2.45) is 0 Å². The number of aromatic nitrogens is 1. The van der Waals surface area contributed by atoms with E-state index in [1.165, 1.54) is 11.3 Å². The molecule has 0 saturated carbocycles. The number of rotatable bonds is 3. The van der Waals surface area contributed by atoms with Crippen molar-refractivity contribution in [3.8, 4) is 11.3 Å². The summed E-state index contributed by atoms with van der Waals surface area (Å²) in [5.41, 5.74) is 2.40. The molecule has 0 aliphatic carbocycles. The lowest BCUT2D eigenvalue weighted by molar-refractivity contribution is 0.419. The van der Waals surface area contributed by atoms with Crippen molar-refractivity contribution in [3.63, 3.8) is 0 Å². The molecule has 0 spiro atoms. The number of hydrogen-bond donors (Lipinski definition) is 0. The molecular formula is C17H24N2O3S2. The van der Waals surface area contributed by atoms with Crippen molar-refractivity contribution in [2.45, 2.75) is 58.3 Å². The van der Waals surface area contributed by atoms with Gasteiger partial charge in [-0.15, -0.1) is 11.3 Å². The molecule has 0 bridgehead atoms. The summed E-state index contributed by atoms with van der Waals surface area (Å²) in [5, 5.41) is 4.01. The van der Waals surface area contributed by atoms with E-state index >= 15 is 0 Å². The van der Waals surface area contributed by atoms with Crippen LogP contribution in [0.15, 0.2) is 9.42 Å². The first-order chi connectivity index (χ1) is 11.3. The van der Waals surface area contributed by atoms with Gasteiger partial charge in [0.25, 0.3) is 0 Å². The SMILES string of the molecule is Cc1noc(-c2c(C)sc(C)c2S(=O)(=O)N2CCCCCC2)c1C. The van der Waals surface area contributed by atoms with Crippen LogP contribution in [0.4, 0.5) is 0 Å². The fraction of sp³-hybridized carbons (Fsp3) is 0.588. The molecule has 0 atom stereocenters. The van der Waals surface area contributed by atoms with E-state index in [0.717, 1.165) is 46.7 Å². The van der Waals surface area contributed by atoms with Crippen LogP contribution in [-0.4, -0.2) is 31.0 Å². The highest BCUT2D eigenvalue weighted by molar-refractivity contribution is 7.89. The molecule has 2 aromatic heterocycles. The lowest BCUT2D eigenvalue weighted by Gasteiger charge is -2.20. The van der Waals surface area contributed by atoms with E-state index < -0.39 is 10.0 Å². The van der Waals surface area contributed by atoms with Gasteiger partial charge in [0.2, 0.25) is 10.0 Å². The van der Waals surface area contributed by atoms with Gasteiger partial charge in [0.1, 0.15) is 4.90 Å². The Morgan fingerprint density at radius 3 is 2.17 bits per heavy atom. The van der Waals surface area contributed by atoms with Crippen LogP contribution < -0.4 is 0 Å². The Morgan fingerprint density at radius 2 is 1.62 bits per heavy atom. The first-order valence-corrected chi connectivity index (χ1v) is 10.6.